The fourth-order valence-corrected chi connectivity index (χ4v) is 3.47. The number of benzene rings is 1. The van der Waals surface area contributed by atoms with E-state index in [0.29, 0.717) is 0 Å². The Kier molecular flexibility index (Phi) is 6.36. The van der Waals surface area contributed by atoms with Gasteiger partial charge >= 0.3 is 30.1 Å². The van der Waals surface area contributed by atoms with E-state index in [1.54, 1.807) is 0 Å². The molecule has 1 unspecified atom stereocenters. The van der Waals surface area contributed by atoms with Crippen LogP contribution in [-0.4, -0.2) is 23.3 Å². The molecule has 15 heteroatoms. The van der Waals surface area contributed by atoms with E-state index in [1.165, 1.54) is 0 Å². The third kappa shape index (κ3) is 4.20. The molecule has 0 aliphatic heterocycles. The van der Waals surface area contributed by atoms with Crippen molar-refractivity contribution in [1.82, 2.24) is 4.98 Å². The molecule has 0 amide bonds. The summed E-state index contributed by atoms with van der Waals surface area (Å²) in [5.41, 5.74) is -13.7. The Hall–Kier alpha value is -1.70. The number of hydrogen-bond donors (Lipinski definition) is 0. The standard InChI is InChI=1S/C16H5BrClF12N/c17-9-5-6(13(20,21)22)4-8(10(9)7-2-1-3-31-11(7)18)12(19,15(25,26)27)14(23,24)16(28,29)30/h1-5H. The molecule has 1 aromatic heterocycles. The van der Waals surface area contributed by atoms with E-state index in [2.05, 4.69) is 20.9 Å². The molecule has 1 atom stereocenters. The van der Waals surface area contributed by atoms with Crippen LogP contribution in [0, 0.1) is 0 Å². The van der Waals surface area contributed by atoms with Gasteiger partial charge in [-0.1, -0.05) is 27.5 Å². The second kappa shape index (κ2) is 7.71. The smallest absolute Gasteiger partial charge is 0.244 e. The maximum absolute atomic E-state index is 15.1. The summed E-state index contributed by atoms with van der Waals surface area (Å²) in [6, 6.07) is 0.987. The highest BCUT2D eigenvalue weighted by Crippen LogP contribution is 2.61. The molecule has 0 saturated carbocycles. The lowest BCUT2D eigenvalue weighted by atomic mass is 9.82. The van der Waals surface area contributed by atoms with Crippen LogP contribution in [0.5, 0.6) is 0 Å². The average molecular weight is 555 g/mol. The minimum Gasteiger partial charge on any atom is -0.244 e. The molecule has 31 heavy (non-hydrogen) atoms. The van der Waals surface area contributed by atoms with Gasteiger partial charge < -0.3 is 0 Å². The van der Waals surface area contributed by atoms with Crippen LogP contribution in [0.3, 0.4) is 0 Å². The molecule has 0 N–H and O–H groups in total. The van der Waals surface area contributed by atoms with Crippen molar-refractivity contribution in [3.05, 3.63) is 51.2 Å². The molecule has 1 heterocycles. The van der Waals surface area contributed by atoms with E-state index in [1.807, 2.05) is 0 Å². The van der Waals surface area contributed by atoms with Gasteiger partial charge in [-0.05, 0) is 24.3 Å². The third-order valence-corrected chi connectivity index (χ3v) is 4.92. The van der Waals surface area contributed by atoms with E-state index in [0.717, 1.165) is 18.3 Å². The number of hydrogen-bond acceptors (Lipinski definition) is 1. The van der Waals surface area contributed by atoms with Crippen molar-refractivity contribution >= 4 is 27.5 Å². The van der Waals surface area contributed by atoms with E-state index in [9.17, 15) is 48.3 Å². The summed E-state index contributed by atoms with van der Waals surface area (Å²) < 4.78 is 160. The van der Waals surface area contributed by atoms with Crippen molar-refractivity contribution in [2.75, 3.05) is 0 Å². The first-order chi connectivity index (χ1) is 13.8. The fraction of sp³-hybridized carbons (Fsp3) is 0.312. The van der Waals surface area contributed by atoms with Crippen molar-refractivity contribution in [3.8, 4) is 11.1 Å². The van der Waals surface area contributed by atoms with Gasteiger partial charge in [0.1, 0.15) is 5.15 Å². The van der Waals surface area contributed by atoms with Crippen molar-refractivity contribution in [3.63, 3.8) is 0 Å². The summed E-state index contributed by atoms with van der Waals surface area (Å²) in [5, 5.41) is -0.802. The molecule has 0 saturated heterocycles. The van der Waals surface area contributed by atoms with Crippen LogP contribution in [0.2, 0.25) is 5.15 Å². The van der Waals surface area contributed by atoms with Crippen molar-refractivity contribution in [2.45, 2.75) is 30.1 Å². The van der Waals surface area contributed by atoms with E-state index in [4.69, 9.17) is 11.6 Å². The molecule has 1 nitrogen and oxygen atoms in total. The minimum absolute atomic E-state index is 0.0741. The summed E-state index contributed by atoms with van der Waals surface area (Å²) in [7, 11) is 0. The predicted molar refractivity (Wildman–Crippen MR) is 87.2 cm³/mol. The number of pyridine rings is 1. The molecule has 2 aromatic rings. The summed E-state index contributed by atoms with van der Waals surface area (Å²) in [6.07, 6.45) is -18.7. The first kappa shape index (κ1) is 25.6. The number of rotatable bonds is 3. The second-order valence-electron chi connectivity index (χ2n) is 5.95. The highest BCUT2D eigenvalue weighted by molar-refractivity contribution is 9.10. The molecule has 0 radical (unpaired) electrons. The van der Waals surface area contributed by atoms with Crippen LogP contribution in [-0.2, 0) is 11.8 Å². The van der Waals surface area contributed by atoms with Crippen LogP contribution in [0.15, 0.2) is 34.9 Å². The molecule has 2 rings (SSSR count). The lowest BCUT2D eigenvalue weighted by Gasteiger charge is -2.37. The number of nitrogens with zero attached hydrogens (tertiary/aromatic N) is 1. The first-order valence-corrected chi connectivity index (χ1v) is 8.66. The Balaban J connectivity index is 3.14. The van der Waals surface area contributed by atoms with Gasteiger partial charge in [0.15, 0.2) is 0 Å². The lowest BCUT2D eigenvalue weighted by Crippen LogP contribution is -2.60. The predicted octanol–water partition coefficient (Wildman–Crippen LogP) is 8.11. The van der Waals surface area contributed by atoms with Crippen molar-refractivity contribution in [1.29, 1.82) is 0 Å². The third-order valence-electron chi connectivity index (χ3n) is 4.00. The number of halogens is 14. The van der Waals surface area contributed by atoms with E-state index < -0.39 is 68.1 Å². The van der Waals surface area contributed by atoms with Crippen LogP contribution in [0.4, 0.5) is 52.7 Å². The van der Waals surface area contributed by atoms with Gasteiger partial charge in [0.05, 0.1) is 5.56 Å². The highest BCUT2D eigenvalue weighted by atomic mass is 79.9. The van der Waals surface area contributed by atoms with Crippen molar-refractivity contribution < 1.29 is 52.7 Å². The Morgan fingerprint density at radius 2 is 1.35 bits per heavy atom. The molecule has 0 spiro atoms. The second-order valence-corrected chi connectivity index (χ2v) is 7.16. The molecule has 0 aliphatic carbocycles. The zero-order valence-electron chi connectivity index (χ0n) is 14.1. The molecule has 1 aromatic carbocycles. The zero-order chi connectivity index (χ0) is 24.2. The number of aromatic nitrogens is 1. The van der Waals surface area contributed by atoms with Crippen LogP contribution >= 0.6 is 27.5 Å². The SMILES string of the molecule is FC(F)(F)c1cc(Br)c(-c2cccnc2Cl)c(C(F)(C(F)(F)F)C(F)(F)C(F)(F)F)c1. The summed E-state index contributed by atoms with van der Waals surface area (Å²) in [5.74, 6) is -7.19. The van der Waals surface area contributed by atoms with Crippen LogP contribution < -0.4 is 0 Å². The zero-order valence-corrected chi connectivity index (χ0v) is 16.5. The van der Waals surface area contributed by atoms with Gasteiger partial charge in [-0.15, -0.1) is 0 Å². The fourth-order valence-electron chi connectivity index (χ4n) is 2.58. The van der Waals surface area contributed by atoms with E-state index >= 15 is 4.39 Å². The van der Waals surface area contributed by atoms with Gasteiger partial charge in [0.2, 0.25) is 0 Å². The summed E-state index contributed by atoms with van der Waals surface area (Å²) in [4.78, 5) is 3.37. The minimum atomic E-state index is -7.19. The summed E-state index contributed by atoms with van der Waals surface area (Å²) in [6.45, 7) is 0. The maximum Gasteiger partial charge on any atom is 0.457 e. The monoisotopic (exact) mass is 553 g/mol. The van der Waals surface area contributed by atoms with Gasteiger partial charge in [-0.2, -0.15) is 48.3 Å². The highest BCUT2D eigenvalue weighted by Gasteiger charge is 2.82. The molecular formula is C16H5BrClF12N. The van der Waals surface area contributed by atoms with Gasteiger partial charge in [0, 0.05) is 27.4 Å². The lowest BCUT2D eigenvalue weighted by molar-refractivity contribution is -0.389. The normalized spacial score (nSPS) is 15.7. The Morgan fingerprint density at radius 1 is 0.806 bits per heavy atom. The van der Waals surface area contributed by atoms with E-state index in [-0.39, 0.29) is 6.07 Å². The largest absolute Gasteiger partial charge is 0.457 e. The topological polar surface area (TPSA) is 12.9 Å². The van der Waals surface area contributed by atoms with Gasteiger partial charge in [-0.3, -0.25) is 0 Å². The average Bonchev–Trinajstić information content (AvgIpc) is 2.58. The molecular weight excluding hydrogens is 550 g/mol. The molecule has 0 fully saturated rings. The van der Waals surface area contributed by atoms with Crippen molar-refractivity contribution in [2.24, 2.45) is 0 Å². The quantitative estimate of drug-likeness (QED) is 0.276. The Bertz CT molecular complexity index is 982. The number of alkyl halides is 12. The first-order valence-electron chi connectivity index (χ1n) is 7.49. The molecule has 0 aliphatic rings. The van der Waals surface area contributed by atoms with Crippen LogP contribution in [0.1, 0.15) is 11.1 Å². The molecule has 172 valence electrons. The Morgan fingerprint density at radius 3 is 1.77 bits per heavy atom. The maximum atomic E-state index is 15.1. The van der Waals surface area contributed by atoms with Gasteiger partial charge in [-0.25, -0.2) is 9.37 Å². The Labute approximate surface area is 178 Å². The van der Waals surface area contributed by atoms with Gasteiger partial charge in [0.25, 0.3) is 0 Å². The van der Waals surface area contributed by atoms with Crippen LogP contribution in [0.25, 0.3) is 11.1 Å². The summed E-state index contributed by atoms with van der Waals surface area (Å²) >= 11 is 8.02. The molecule has 0 bridgehead atoms.